The van der Waals surface area contributed by atoms with Crippen molar-refractivity contribution in [3.63, 3.8) is 0 Å². The van der Waals surface area contributed by atoms with E-state index in [9.17, 15) is 0 Å². The summed E-state index contributed by atoms with van der Waals surface area (Å²) < 4.78 is 7.28. The average Bonchev–Trinajstić information content (AvgIpc) is 3.16. The van der Waals surface area contributed by atoms with Crippen molar-refractivity contribution >= 4 is 29.4 Å². The molecule has 26 heavy (non-hydrogen) atoms. The van der Waals surface area contributed by atoms with Crippen LogP contribution in [0.2, 0.25) is 0 Å². The first-order chi connectivity index (χ1) is 11.9. The Balaban J connectivity index is 0.00000243. The molecule has 138 valence electrons. The van der Waals surface area contributed by atoms with Crippen molar-refractivity contribution in [1.82, 2.24) is 19.5 Å². The lowest BCUT2D eigenvalue weighted by atomic mass is 9.86. The summed E-state index contributed by atoms with van der Waals surface area (Å²) in [6, 6.07) is 3.67. The Morgan fingerprint density at radius 1 is 1.12 bits per heavy atom. The van der Waals surface area contributed by atoms with Crippen LogP contribution in [0.1, 0.15) is 33.5 Å². The smallest absolute Gasteiger partial charge is 0.208 e. The summed E-state index contributed by atoms with van der Waals surface area (Å²) in [6.45, 7) is 8.70. The molecule has 0 spiro atoms. The van der Waals surface area contributed by atoms with Gasteiger partial charge < -0.3 is 14.7 Å². The highest BCUT2D eigenvalue weighted by Crippen LogP contribution is 2.25. The molecule has 7 heteroatoms. The monoisotopic (exact) mass is 373 g/mol. The van der Waals surface area contributed by atoms with Crippen LogP contribution in [0, 0.1) is 29.6 Å². The summed E-state index contributed by atoms with van der Waals surface area (Å²) >= 11 is 0. The molecule has 3 rings (SSSR count). The molecule has 0 aliphatic heterocycles. The summed E-state index contributed by atoms with van der Waals surface area (Å²) in [5.74, 6) is 9.69. The maximum Gasteiger partial charge on any atom is 0.208 e. The molecule has 0 aromatic carbocycles. The SMILES string of the molecule is CC(C)C(C#Cc1nc(N)c2nc(-c3ccco3)n(C)c2n1)C(C)C.Cl. The van der Waals surface area contributed by atoms with Crippen LogP contribution in [0.4, 0.5) is 5.82 Å². The second-order valence-corrected chi connectivity index (χ2v) is 6.86. The minimum Gasteiger partial charge on any atom is -0.461 e. The van der Waals surface area contributed by atoms with Crippen molar-refractivity contribution in [2.45, 2.75) is 27.7 Å². The molecule has 3 aromatic rings. The van der Waals surface area contributed by atoms with Gasteiger partial charge in [-0.15, -0.1) is 12.4 Å². The number of furan rings is 1. The number of fused-ring (bicyclic) bond motifs is 1. The molecule has 0 aliphatic carbocycles. The van der Waals surface area contributed by atoms with Crippen molar-refractivity contribution in [3.8, 4) is 23.4 Å². The van der Waals surface area contributed by atoms with Gasteiger partial charge in [0.1, 0.15) is 0 Å². The van der Waals surface area contributed by atoms with E-state index >= 15 is 0 Å². The van der Waals surface area contributed by atoms with Crippen molar-refractivity contribution in [2.24, 2.45) is 24.8 Å². The van der Waals surface area contributed by atoms with Gasteiger partial charge in [-0.1, -0.05) is 33.6 Å². The maximum absolute atomic E-state index is 6.09. The van der Waals surface area contributed by atoms with Crippen LogP contribution in [0.5, 0.6) is 0 Å². The third-order valence-electron chi connectivity index (χ3n) is 4.27. The lowest BCUT2D eigenvalue weighted by Crippen LogP contribution is -2.13. The third-order valence-corrected chi connectivity index (χ3v) is 4.27. The van der Waals surface area contributed by atoms with Crippen molar-refractivity contribution in [2.75, 3.05) is 5.73 Å². The highest BCUT2D eigenvalue weighted by atomic mass is 35.5. The molecule has 0 saturated carbocycles. The summed E-state index contributed by atoms with van der Waals surface area (Å²) in [6.07, 6.45) is 1.61. The van der Waals surface area contributed by atoms with Gasteiger partial charge in [0.2, 0.25) is 5.82 Å². The highest BCUT2D eigenvalue weighted by Gasteiger charge is 2.17. The number of nitrogen functional groups attached to an aromatic ring is 1. The van der Waals surface area contributed by atoms with E-state index in [2.05, 4.69) is 54.5 Å². The summed E-state index contributed by atoms with van der Waals surface area (Å²) in [5.41, 5.74) is 7.30. The highest BCUT2D eigenvalue weighted by molar-refractivity contribution is 5.85. The minimum atomic E-state index is 0. The number of imidazole rings is 1. The van der Waals surface area contributed by atoms with Gasteiger partial charge in [0, 0.05) is 13.0 Å². The second-order valence-electron chi connectivity index (χ2n) is 6.86. The Kier molecular flexibility index (Phi) is 5.94. The quantitative estimate of drug-likeness (QED) is 0.704. The van der Waals surface area contributed by atoms with E-state index < -0.39 is 0 Å². The predicted octanol–water partition coefficient (Wildman–Crippen LogP) is 3.91. The zero-order chi connectivity index (χ0) is 18.1. The van der Waals surface area contributed by atoms with E-state index in [1.165, 1.54) is 0 Å². The number of nitrogens with two attached hydrogens (primary N) is 1. The standard InChI is InChI=1S/C19H23N5O.ClH/c1-11(2)13(12(3)4)8-9-15-21-17(20)16-19(22-15)24(5)18(23-16)14-7-6-10-25-14;/h6-7,10-13H,1-5H3,(H2,20,21,22);1H. The van der Waals surface area contributed by atoms with Gasteiger partial charge in [0.15, 0.2) is 28.6 Å². The Morgan fingerprint density at radius 3 is 2.38 bits per heavy atom. The average molecular weight is 374 g/mol. The van der Waals surface area contributed by atoms with Crippen molar-refractivity contribution in [3.05, 3.63) is 24.2 Å². The lowest BCUT2D eigenvalue weighted by molar-refractivity contribution is 0.369. The number of aryl methyl sites for hydroxylation is 1. The summed E-state index contributed by atoms with van der Waals surface area (Å²) in [7, 11) is 1.88. The van der Waals surface area contributed by atoms with Crippen LogP contribution >= 0.6 is 12.4 Å². The van der Waals surface area contributed by atoms with Crippen LogP contribution in [-0.2, 0) is 7.05 Å². The molecular formula is C19H24ClN5O. The first kappa shape index (κ1) is 19.8. The largest absolute Gasteiger partial charge is 0.461 e. The van der Waals surface area contributed by atoms with E-state index in [0.717, 1.165) is 0 Å². The molecule has 0 amide bonds. The number of aromatic nitrogens is 4. The Morgan fingerprint density at radius 2 is 1.81 bits per heavy atom. The van der Waals surface area contributed by atoms with Gasteiger partial charge in [-0.25, -0.2) is 15.0 Å². The van der Waals surface area contributed by atoms with Gasteiger partial charge in [0.05, 0.1) is 6.26 Å². The first-order valence-corrected chi connectivity index (χ1v) is 8.43. The van der Waals surface area contributed by atoms with Crippen LogP contribution in [-0.4, -0.2) is 19.5 Å². The Bertz CT molecular complexity index is 940. The lowest BCUT2D eigenvalue weighted by Gasteiger charge is -2.18. The molecule has 3 heterocycles. The molecule has 0 atom stereocenters. The van der Waals surface area contributed by atoms with Crippen LogP contribution in [0.3, 0.4) is 0 Å². The van der Waals surface area contributed by atoms with Gasteiger partial charge in [0.25, 0.3) is 0 Å². The number of hydrogen-bond donors (Lipinski definition) is 1. The molecule has 0 aliphatic rings. The summed E-state index contributed by atoms with van der Waals surface area (Å²) in [4.78, 5) is 13.4. The normalized spacial score (nSPS) is 11.1. The minimum absolute atomic E-state index is 0. The van der Waals surface area contributed by atoms with Gasteiger partial charge in [-0.3, -0.25) is 0 Å². The fraction of sp³-hybridized carbons (Fsp3) is 0.421. The molecule has 3 aromatic heterocycles. The fourth-order valence-corrected chi connectivity index (χ4v) is 3.02. The molecule has 0 saturated heterocycles. The van der Waals surface area contributed by atoms with Crippen molar-refractivity contribution in [1.29, 1.82) is 0 Å². The zero-order valence-corrected chi connectivity index (χ0v) is 16.5. The van der Waals surface area contributed by atoms with E-state index in [1.807, 2.05) is 23.7 Å². The molecular weight excluding hydrogens is 350 g/mol. The summed E-state index contributed by atoms with van der Waals surface area (Å²) in [5, 5.41) is 0. The van der Waals surface area contributed by atoms with E-state index in [0.29, 0.717) is 46.2 Å². The van der Waals surface area contributed by atoms with E-state index in [-0.39, 0.29) is 18.3 Å². The molecule has 0 bridgehead atoms. The van der Waals surface area contributed by atoms with E-state index in [4.69, 9.17) is 10.2 Å². The number of halogens is 1. The topological polar surface area (TPSA) is 82.8 Å². The third kappa shape index (κ3) is 3.68. The Labute approximate surface area is 159 Å². The van der Waals surface area contributed by atoms with E-state index in [1.54, 1.807) is 6.26 Å². The van der Waals surface area contributed by atoms with Crippen LogP contribution in [0.15, 0.2) is 22.8 Å². The van der Waals surface area contributed by atoms with Gasteiger partial charge in [-0.2, -0.15) is 0 Å². The maximum atomic E-state index is 6.09. The number of rotatable bonds is 3. The van der Waals surface area contributed by atoms with Crippen LogP contribution in [0.25, 0.3) is 22.7 Å². The van der Waals surface area contributed by atoms with Gasteiger partial charge >= 0.3 is 0 Å². The van der Waals surface area contributed by atoms with Crippen LogP contribution < -0.4 is 5.73 Å². The molecule has 6 nitrogen and oxygen atoms in total. The molecule has 0 radical (unpaired) electrons. The fourth-order valence-electron chi connectivity index (χ4n) is 3.02. The molecule has 0 unspecified atom stereocenters. The molecule has 2 N–H and O–H groups in total. The number of anilines is 1. The second kappa shape index (κ2) is 7.79. The molecule has 0 fully saturated rings. The number of hydrogen-bond acceptors (Lipinski definition) is 5. The van der Waals surface area contributed by atoms with Crippen molar-refractivity contribution < 1.29 is 4.42 Å². The zero-order valence-electron chi connectivity index (χ0n) is 15.6. The first-order valence-electron chi connectivity index (χ1n) is 8.43. The number of nitrogens with zero attached hydrogens (tertiary/aromatic N) is 4. The van der Waals surface area contributed by atoms with Gasteiger partial charge in [-0.05, 0) is 29.9 Å². The predicted molar refractivity (Wildman–Crippen MR) is 106 cm³/mol. The Hall–Kier alpha value is -2.52.